The summed E-state index contributed by atoms with van der Waals surface area (Å²) in [6, 6.07) is 34.3. The molecule has 5 aromatic rings. The molecule has 6 N–H and O–H groups in total. The second-order valence-corrected chi connectivity index (χ2v) is 16.8. The van der Waals surface area contributed by atoms with E-state index in [2.05, 4.69) is 107 Å². The van der Waals surface area contributed by atoms with E-state index in [9.17, 15) is 14.4 Å². The molecule has 0 aliphatic rings. The van der Waals surface area contributed by atoms with Crippen molar-refractivity contribution in [3.63, 3.8) is 0 Å². The number of thiol groups is 1. The fourth-order valence-corrected chi connectivity index (χ4v) is 7.19. The normalized spacial score (nSPS) is 10.4. The molecule has 0 bridgehead atoms. The van der Waals surface area contributed by atoms with Crippen molar-refractivity contribution < 1.29 is 19.1 Å². The summed E-state index contributed by atoms with van der Waals surface area (Å²) >= 11 is 4.32. The van der Waals surface area contributed by atoms with Crippen LogP contribution in [-0.2, 0) is 41.1 Å². The Bertz CT molecular complexity index is 2480. The third-order valence-corrected chi connectivity index (χ3v) is 11.4. The minimum absolute atomic E-state index is 0.0508. The molecule has 4 aromatic carbocycles. The third-order valence-electron chi connectivity index (χ3n) is 10.8. The van der Waals surface area contributed by atoms with E-state index in [0.717, 1.165) is 83.5 Å². The summed E-state index contributed by atoms with van der Waals surface area (Å²) in [5.74, 6) is 7.94. The Kier molecular flexibility index (Phi) is 31.4. The molecule has 1 heterocycles. The van der Waals surface area contributed by atoms with Gasteiger partial charge in [0.2, 0.25) is 12.8 Å². The minimum atomic E-state index is -0.0508. The molecule has 2 amide bonds. The number of allylic oxidation sites excluding steroid dienone is 1. The molecule has 0 radical (unpaired) electrons. The van der Waals surface area contributed by atoms with Crippen LogP contribution in [0.5, 0.6) is 5.75 Å². The van der Waals surface area contributed by atoms with Gasteiger partial charge >= 0.3 is 0 Å². The van der Waals surface area contributed by atoms with Gasteiger partial charge in [0.25, 0.3) is 0 Å². The number of aldehydes is 1. The SMILES string of the molecule is C/C(N)=C(/S)c1ccc(CNC=O)c(OCC=O)c1.C=C(c1ccccc1)c1c(N(Cc2ccccc2)Cc2cccc(C#CCCCCC)c2)ncn(C)c1=N.CC.CNCCCCCCCNC=O. The summed E-state index contributed by atoms with van der Waals surface area (Å²) in [4.78, 5) is 38.3. The van der Waals surface area contributed by atoms with Crippen LogP contribution in [0.15, 0.2) is 122 Å². The Hall–Kier alpha value is -6.88. The van der Waals surface area contributed by atoms with Gasteiger partial charge in [0, 0.05) is 61.4 Å². The fourth-order valence-electron chi connectivity index (χ4n) is 7.06. The number of carbonyl (C=O) groups is 3. The molecule has 0 fully saturated rings. The van der Waals surface area contributed by atoms with Crippen LogP contribution >= 0.6 is 12.6 Å². The number of ether oxygens (including phenoxy) is 1. The highest BCUT2D eigenvalue weighted by atomic mass is 32.1. The Morgan fingerprint density at radius 3 is 2.13 bits per heavy atom. The number of amides is 2. The predicted octanol–water partition coefficient (Wildman–Crippen LogP) is 10.1. The second-order valence-electron chi connectivity index (χ2n) is 16.3. The standard InChI is InChI=1S/C34H36N4.C13H16N2O3S.C9H20N2O.C2H6/c1-4-5-6-7-10-16-28-19-15-20-30(23-28)25-38(24-29-17-11-8-12-18-29)34-32(33(35)37(3)26-36-34)27(2)31-21-13-9-14-22-31;1-9(14)13(19)10-2-3-11(7-15-8-17)12(6-10)18-5-4-16;1-10-7-5-3-2-4-6-8-11-9-12;1-2/h8-9,11-15,17-23,26,35H,2,4-7,24-25H2,1,3H3;2-4,6,8,19H,5,7,14H2,1H3,(H,15,17);9-10H,2-8H2,1H3,(H,11,12);1-2H3/b;13-9-;;. The molecule has 1 aromatic heterocycles. The number of rotatable bonds is 26. The lowest BCUT2D eigenvalue weighted by atomic mass is 10.00. The summed E-state index contributed by atoms with van der Waals surface area (Å²) < 4.78 is 7.07. The first-order chi connectivity index (χ1) is 34.6. The van der Waals surface area contributed by atoms with Crippen LogP contribution < -0.4 is 36.8 Å². The number of anilines is 1. The Morgan fingerprint density at radius 1 is 0.831 bits per heavy atom. The summed E-state index contributed by atoms with van der Waals surface area (Å²) in [6.45, 7) is 15.9. The highest BCUT2D eigenvalue weighted by molar-refractivity contribution is 7.90. The van der Waals surface area contributed by atoms with Gasteiger partial charge in [-0.05, 0) is 85.8 Å². The summed E-state index contributed by atoms with van der Waals surface area (Å²) in [6.07, 6.45) is 14.4. The molecule has 71 heavy (non-hydrogen) atoms. The maximum Gasteiger partial charge on any atom is 0.207 e. The van der Waals surface area contributed by atoms with E-state index in [1.807, 2.05) is 70.4 Å². The zero-order valence-corrected chi connectivity index (χ0v) is 43.8. The number of nitrogens with zero attached hydrogens (tertiary/aromatic N) is 3. The van der Waals surface area contributed by atoms with Crippen LogP contribution in [0.1, 0.15) is 124 Å². The van der Waals surface area contributed by atoms with Crippen LogP contribution in [0.25, 0.3) is 10.5 Å². The van der Waals surface area contributed by atoms with Gasteiger partial charge in [0.05, 0.1) is 11.9 Å². The van der Waals surface area contributed by atoms with Crippen molar-refractivity contribution in [2.45, 2.75) is 105 Å². The largest absolute Gasteiger partial charge is 0.486 e. The number of nitrogens with one attached hydrogen (secondary N) is 4. The number of hydrogen-bond acceptors (Lipinski definition) is 10. The lowest BCUT2D eigenvalue weighted by Gasteiger charge is -2.27. The van der Waals surface area contributed by atoms with E-state index in [1.54, 1.807) is 30.0 Å². The van der Waals surface area contributed by atoms with Gasteiger partial charge in [0.1, 0.15) is 23.7 Å². The Morgan fingerprint density at radius 2 is 1.48 bits per heavy atom. The molecular weight excluding hydrogens is 905 g/mol. The number of aromatic nitrogens is 2. The number of benzene rings is 4. The number of nitrogens with two attached hydrogens (primary N) is 1. The lowest BCUT2D eigenvalue weighted by Crippen LogP contribution is -2.30. The van der Waals surface area contributed by atoms with Crippen LogP contribution in [0.3, 0.4) is 0 Å². The van der Waals surface area contributed by atoms with E-state index in [1.165, 1.54) is 44.1 Å². The molecule has 0 unspecified atom stereocenters. The predicted molar refractivity (Wildman–Crippen MR) is 297 cm³/mol. The lowest BCUT2D eigenvalue weighted by molar-refractivity contribution is -0.110. The highest BCUT2D eigenvalue weighted by Gasteiger charge is 2.20. The van der Waals surface area contributed by atoms with Crippen LogP contribution in [0, 0.1) is 17.3 Å². The molecule has 12 nitrogen and oxygen atoms in total. The maximum atomic E-state index is 10.4. The highest BCUT2D eigenvalue weighted by Crippen LogP contribution is 2.30. The van der Waals surface area contributed by atoms with E-state index in [4.69, 9.17) is 20.9 Å². The molecule has 0 spiro atoms. The first-order valence-electron chi connectivity index (χ1n) is 24.6. The average molecular weight is 983 g/mol. The van der Waals surface area contributed by atoms with Crippen molar-refractivity contribution >= 4 is 48.0 Å². The van der Waals surface area contributed by atoms with E-state index >= 15 is 0 Å². The van der Waals surface area contributed by atoms with E-state index in [0.29, 0.717) is 54.2 Å². The van der Waals surface area contributed by atoms with Crippen molar-refractivity contribution in [1.29, 1.82) is 5.41 Å². The van der Waals surface area contributed by atoms with E-state index in [-0.39, 0.29) is 6.61 Å². The molecule has 380 valence electrons. The average Bonchev–Trinajstić information content (AvgIpc) is 3.40. The molecular formula is C58H78N8O4S. The molecule has 0 aliphatic carbocycles. The zero-order chi connectivity index (χ0) is 52.1. The molecule has 0 aliphatic heterocycles. The number of aryl methyl sites for hydroxylation is 1. The first-order valence-corrected chi connectivity index (χ1v) is 25.1. The summed E-state index contributed by atoms with van der Waals surface area (Å²) in [5, 5.41) is 17.3. The van der Waals surface area contributed by atoms with Gasteiger partial charge in [-0.3, -0.25) is 19.8 Å². The topological polar surface area (TPSA) is 167 Å². The van der Waals surface area contributed by atoms with Crippen molar-refractivity contribution in [1.82, 2.24) is 25.5 Å². The van der Waals surface area contributed by atoms with Gasteiger partial charge in [-0.15, -0.1) is 12.6 Å². The van der Waals surface area contributed by atoms with Crippen molar-refractivity contribution in [2.24, 2.45) is 12.8 Å². The molecule has 13 heteroatoms. The number of hydrogen-bond donors (Lipinski definition) is 6. The van der Waals surface area contributed by atoms with Crippen molar-refractivity contribution in [2.75, 3.05) is 31.6 Å². The monoisotopic (exact) mass is 983 g/mol. The van der Waals surface area contributed by atoms with Crippen LogP contribution in [-0.4, -0.2) is 55.4 Å². The van der Waals surface area contributed by atoms with Crippen LogP contribution in [0.4, 0.5) is 5.82 Å². The molecule has 5 rings (SSSR count). The molecule has 0 atom stereocenters. The zero-order valence-electron chi connectivity index (χ0n) is 42.9. The van der Waals surface area contributed by atoms with Gasteiger partial charge in [-0.1, -0.05) is 156 Å². The van der Waals surface area contributed by atoms with Crippen molar-refractivity contribution in [3.8, 4) is 17.6 Å². The Balaban J connectivity index is 0.000000434. The number of unbranched alkanes of at least 4 members (excludes halogenated alkanes) is 7. The van der Waals surface area contributed by atoms with Crippen LogP contribution in [0.2, 0.25) is 0 Å². The van der Waals surface area contributed by atoms with Gasteiger partial charge < -0.3 is 35.9 Å². The van der Waals surface area contributed by atoms with Gasteiger partial charge in [0.15, 0.2) is 6.29 Å². The minimum Gasteiger partial charge on any atom is -0.486 e. The second kappa shape index (κ2) is 37.0. The maximum absolute atomic E-state index is 10.4. The first kappa shape index (κ1) is 60.2. The van der Waals surface area contributed by atoms with Crippen molar-refractivity contribution in [3.05, 3.63) is 166 Å². The number of carbonyl (C=O) groups excluding carboxylic acids is 3. The third kappa shape index (κ3) is 23.1. The molecule has 0 saturated heterocycles. The van der Waals surface area contributed by atoms with E-state index < -0.39 is 0 Å². The molecule has 0 saturated carbocycles. The summed E-state index contributed by atoms with van der Waals surface area (Å²) in [7, 11) is 3.83. The van der Waals surface area contributed by atoms with Gasteiger partial charge in [-0.25, -0.2) is 4.98 Å². The Labute approximate surface area is 429 Å². The smallest absolute Gasteiger partial charge is 0.207 e. The summed E-state index contributed by atoms with van der Waals surface area (Å²) in [5.41, 5.74) is 14.1. The van der Waals surface area contributed by atoms with Gasteiger partial charge in [-0.2, -0.15) is 0 Å². The fraction of sp³-hybridized carbons (Fsp3) is 0.362. The quantitative estimate of drug-likeness (QED) is 0.0138.